The van der Waals surface area contributed by atoms with Gasteiger partial charge in [0.2, 0.25) is 6.79 Å². The van der Waals surface area contributed by atoms with Crippen LogP contribution in [0.2, 0.25) is 0 Å². The van der Waals surface area contributed by atoms with Crippen LogP contribution in [-0.2, 0) is 6.54 Å². The van der Waals surface area contributed by atoms with Crippen LogP contribution >= 0.6 is 15.9 Å². The number of hydrogen-bond donors (Lipinski definition) is 0. The predicted molar refractivity (Wildman–Crippen MR) is 109 cm³/mol. The first-order valence-electron chi connectivity index (χ1n) is 8.55. The van der Waals surface area contributed by atoms with Crippen LogP contribution in [0.15, 0.2) is 46.9 Å². The van der Waals surface area contributed by atoms with Crippen LogP contribution in [0, 0.1) is 0 Å². The number of nitrogens with zero attached hydrogens (tertiary/aromatic N) is 1. The molecule has 1 heterocycles. The summed E-state index contributed by atoms with van der Waals surface area (Å²) in [6.45, 7) is 0.916. The molecule has 4 rings (SSSR count). The molecule has 0 atom stereocenters. The minimum atomic E-state index is 0.269. The van der Waals surface area contributed by atoms with Gasteiger partial charge in [-0.25, -0.2) is 0 Å². The quantitative estimate of drug-likeness (QED) is 0.571. The minimum absolute atomic E-state index is 0.269. The molecule has 6 heteroatoms. The van der Waals surface area contributed by atoms with E-state index >= 15 is 0 Å². The van der Waals surface area contributed by atoms with Crippen LogP contribution in [0.1, 0.15) is 5.56 Å². The van der Waals surface area contributed by atoms with E-state index in [1.807, 2.05) is 30.3 Å². The van der Waals surface area contributed by atoms with Gasteiger partial charge in [0.1, 0.15) is 0 Å². The molecule has 1 aliphatic heterocycles. The SMILES string of the molecule is COc1ccc(Br)c(CN(C)c2cccc3cc4c(cc23)OCO4)c1OC. The molecule has 0 unspecified atom stereocenters. The van der Waals surface area contributed by atoms with E-state index in [2.05, 4.69) is 40.0 Å². The van der Waals surface area contributed by atoms with Gasteiger partial charge in [-0.2, -0.15) is 0 Å². The summed E-state index contributed by atoms with van der Waals surface area (Å²) in [5.74, 6) is 3.02. The highest BCUT2D eigenvalue weighted by Gasteiger charge is 2.19. The highest BCUT2D eigenvalue weighted by molar-refractivity contribution is 9.10. The van der Waals surface area contributed by atoms with Gasteiger partial charge in [0.15, 0.2) is 23.0 Å². The number of ether oxygens (including phenoxy) is 4. The van der Waals surface area contributed by atoms with Crippen molar-refractivity contribution in [1.82, 2.24) is 0 Å². The molecule has 3 aromatic carbocycles. The molecular formula is C21H20BrNO4. The standard InChI is InChI=1S/C21H20BrNO4/c1-23(11-15-16(22)7-8-18(24-2)21(15)25-3)17-6-4-5-13-9-19-20(10-14(13)17)27-12-26-19/h4-10H,11-12H2,1-3H3. The van der Waals surface area contributed by atoms with E-state index in [1.54, 1.807) is 14.2 Å². The average Bonchev–Trinajstić information content (AvgIpc) is 3.14. The first-order valence-corrected chi connectivity index (χ1v) is 9.34. The lowest BCUT2D eigenvalue weighted by molar-refractivity contribution is 0.174. The molecule has 140 valence electrons. The fourth-order valence-electron chi connectivity index (χ4n) is 3.42. The van der Waals surface area contributed by atoms with Crippen molar-refractivity contribution in [3.8, 4) is 23.0 Å². The molecule has 0 amide bonds. The predicted octanol–water partition coefficient (Wildman–Crippen LogP) is 4.98. The Labute approximate surface area is 166 Å². The van der Waals surface area contributed by atoms with E-state index in [0.717, 1.165) is 43.7 Å². The average molecular weight is 430 g/mol. The zero-order valence-corrected chi connectivity index (χ0v) is 17.0. The summed E-state index contributed by atoms with van der Waals surface area (Å²) in [7, 11) is 5.36. The first-order chi connectivity index (χ1) is 13.1. The summed E-state index contributed by atoms with van der Waals surface area (Å²) in [5.41, 5.74) is 2.12. The highest BCUT2D eigenvalue weighted by Crippen LogP contribution is 2.41. The Morgan fingerprint density at radius 3 is 2.56 bits per heavy atom. The molecule has 1 aliphatic rings. The minimum Gasteiger partial charge on any atom is -0.493 e. The summed E-state index contributed by atoms with van der Waals surface area (Å²) in [5, 5.41) is 2.22. The number of halogens is 1. The topological polar surface area (TPSA) is 40.2 Å². The Bertz CT molecular complexity index is 1010. The van der Waals surface area contributed by atoms with E-state index in [0.29, 0.717) is 12.3 Å². The van der Waals surface area contributed by atoms with E-state index in [4.69, 9.17) is 18.9 Å². The fraction of sp³-hybridized carbons (Fsp3) is 0.238. The van der Waals surface area contributed by atoms with Gasteiger partial charge >= 0.3 is 0 Å². The molecule has 0 radical (unpaired) electrons. The smallest absolute Gasteiger partial charge is 0.231 e. The van der Waals surface area contributed by atoms with E-state index < -0.39 is 0 Å². The van der Waals surface area contributed by atoms with Crippen LogP contribution in [0.25, 0.3) is 10.8 Å². The molecule has 0 spiro atoms. The zero-order chi connectivity index (χ0) is 19.0. The summed E-state index contributed by atoms with van der Waals surface area (Å²) in [6, 6.07) is 14.2. The second kappa shape index (κ2) is 7.19. The summed E-state index contributed by atoms with van der Waals surface area (Å²) in [4.78, 5) is 2.19. The lowest BCUT2D eigenvalue weighted by atomic mass is 10.1. The zero-order valence-electron chi connectivity index (χ0n) is 15.4. The first kappa shape index (κ1) is 17.8. The van der Waals surface area contributed by atoms with E-state index in [1.165, 1.54) is 0 Å². The van der Waals surface area contributed by atoms with Crippen molar-refractivity contribution in [2.75, 3.05) is 33.0 Å². The Hall–Kier alpha value is -2.60. The van der Waals surface area contributed by atoms with Crippen molar-refractivity contribution in [2.24, 2.45) is 0 Å². The number of fused-ring (bicyclic) bond motifs is 2. The molecule has 5 nitrogen and oxygen atoms in total. The number of methoxy groups -OCH3 is 2. The second-order valence-corrected chi connectivity index (χ2v) is 7.18. The Balaban J connectivity index is 1.75. The van der Waals surface area contributed by atoms with Gasteiger partial charge in [0.05, 0.1) is 14.2 Å². The third-order valence-corrected chi connectivity index (χ3v) is 5.49. The molecule has 0 saturated carbocycles. The summed E-state index contributed by atoms with van der Waals surface area (Å²) in [6.07, 6.45) is 0. The van der Waals surface area contributed by atoms with Crippen LogP contribution in [0.4, 0.5) is 5.69 Å². The number of hydrogen-bond acceptors (Lipinski definition) is 5. The van der Waals surface area contributed by atoms with E-state index in [9.17, 15) is 0 Å². The Morgan fingerprint density at radius 1 is 1.04 bits per heavy atom. The van der Waals surface area contributed by atoms with Crippen molar-refractivity contribution in [1.29, 1.82) is 0 Å². The molecule has 0 saturated heterocycles. The maximum Gasteiger partial charge on any atom is 0.231 e. The lowest BCUT2D eigenvalue weighted by Crippen LogP contribution is -2.18. The normalized spacial score (nSPS) is 12.3. The maximum atomic E-state index is 5.61. The molecule has 3 aromatic rings. The third-order valence-electron chi connectivity index (χ3n) is 4.75. The fourth-order valence-corrected chi connectivity index (χ4v) is 3.86. The maximum absolute atomic E-state index is 5.61. The van der Waals surface area contributed by atoms with Gasteiger partial charge in [-0.05, 0) is 35.7 Å². The van der Waals surface area contributed by atoms with Crippen molar-refractivity contribution in [2.45, 2.75) is 6.54 Å². The lowest BCUT2D eigenvalue weighted by Gasteiger charge is -2.24. The number of benzene rings is 3. The monoisotopic (exact) mass is 429 g/mol. The molecular weight excluding hydrogens is 410 g/mol. The molecule has 0 bridgehead atoms. The molecule has 0 aliphatic carbocycles. The summed E-state index contributed by atoms with van der Waals surface area (Å²) < 4.78 is 23.1. The van der Waals surface area contributed by atoms with Gasteiger partial charge in [-0.3, -0.25) is 0 Å². The molecule has 0 N–H and O–H groups in total. The second-order valence-electron chi connectivity index (χ2n) is 6.32. The molecule has 27 heavy (non-hydrogen) atoms. The van der Waals surface area contributed by atoms with Gasteiger partial charge in [0.25, 0.3) is 0 Å². The largest absolute Gasteiger partial charge is 0.493 e. The molecule has 0 aromatic heterocycles. The van der Waals surface area contributed by atoms with Crippen LogP contribution in [0.5, 0.6) is 23.0 Å². The van der Waals surface area contributed by atoms with Crippen LogP contribution in [-0.4, -0.2) is 28.1 Å². The third kappa shape index (κ3) is 3.14. The van der Waals surface area contributed by atoms with E-state index in [-0.39, 0.29) is 6.79 Å². The summed E-state index contributed by atoms with van der Waals surface area (Å²) >= 11 is 3.64. The van der Waals surface area contributed by atoms with Crippen molar-refractivity contribution in [3.05, 3.63) is 52.5 Å². The van der Waals surface area contributed by atoms with Crippen LogP contribution < -0.4 is 23.8 Å². The van der Waals surface area contributed by atoms with Gasteiger partial charge in [-0.15, -0.1) is 0 Å². The van der Waals surface area contributed by atoms with Gasteiger partial charge in [-0.1, -0.05) is 28.1 Å². The van der Waals surface area contributed by atoms with Gasteiger partial charge < -0.3 is 23.8 Å². The van der Waals surface area contributed by atoms with Crippen molar-refractivity contribution in [3.63, 3.8) is 0 Å². The van der Waals surface area contributed by atoms with Crippen LogP contribution in [0.3, 0.4) is 0 Å². The van der Waals surface area contributed by atoms with Crippen molar-refractivity contribution < 1.29 is 18.9 Å². The number of anilines is 1. The van der Waals surface area contributed by atoms with Crippen molar-refractivity contribution >= 4 is 32.4 Å². The van der Waals surface area contributed by atoms with Gasteiger partial charge in [0, 0.05) is 34.7 Å². The Morgan fingerprint density at radius 2 is 1.81 bits per heavy atom. The Kier molecular flexibility index (Phi) is 4.74. The number of rotatable bonds is 5. The highest BCUT2D eigenvalue weighted by atomic mass is 79.9. The molecule has 0 fully saturated rings.